The molecule has 6 heteroatoms. The van der Waals surface area contributed by atoms with Gasteiger partial charge in [-0.1, -0.05) is 111 Å². The number of thiophene rings is 3. The monoisotopic (exact) mass is 655 g/mol. The molecule has 0 aliphatic rings. The van der Waals surface area contributed by atoms with Gasteiger partial charge in [0, 0.05) is 28.9 Å². The van der Waals surface area contributed by atoms with Crippen LogP contribution >= 0.6 is 34.0 Å². The van der Waals surface area contributed by atoms with E-state index in [0.717, 1.165) is 20.7 Å². The molecule has 3 heterocycles. The molecule has 0 saturated carbocycles. The number of hydrogen-bond donors (Lipinski definition) is 1. The van der Waals surface area contributed by atoms with Crippen molar-refractivity contribution < 1.29 is 9.90 Å². The third kappa shape index (κ3) is 7.29. The molecule has 0 spiro atoms. The van der Waals surface area contributed by atoms with Crippen LogP contribution in [0.2, 0.25) is 0 Å². The van der Waals surface area contributed by atoms with E-state index in [2.05, 4.69) is 110 Å². The lowest BCUT2D eigenvalue weighted by molar-refractivity contribution is -0.132. The third-order valence-electron chi connectivity index (χ3n) is 7.87. The van der Waals surface area contributed by atoms with Gasteiger partial charge >= 0.3 is 5.97 Å². The average molecular weight is 656 g/mol. The number of nitrogens with zero attached hydrogens (tertiary/aromatic N) is 1. The average Bonchev–Trinajstić information content (AvgIpc) is 3.79. The van der Waals surface area contributed by atoms with Crippen LogP contribution in [0.15, 0.2) is 109 Å². The summed E-state index contributed by atoms with van der Waals surface area (Å²) in [4.78, 5) is 15.9. The Morgan fingerprint density at radius 3 is 2.02 bits per heavy atom. The Morgan fingerprint density at radius 2 is 1.41 bits per heavy atom. The molecule has 46 heavy (non-hydrogen) atoms. The van der Waals surface area contributed by atoms with Gasteiger partial charge < -0.3 is 5.11 Å². The third-order valence-corrected chi connectivity index (χ3v) is 11.5. The molecule has 0 aliphatic carbocycles. The first kappa shape index (κ1) is 31.4. The molecule has 3 aromatic heterocycles. The van der Waals surface area contributed by atoms with E-state index < -0.39 is 5.97 Å². The zero-order chi connectivity index (χ0) is 31.9. The Balaban J connectivity index is 1.32. The van der Waals surface area contributed by atoms with Crippen molar-refractivity contribution in [3.63, 3.8) is 0 Å². The summed E-state index contributed by atoms with van der Waals surface area (Å²) < 4.78 is 2.22. The van der Waals surface area contributed by atoms with Crippen LogP contribution in [-0.4, -0.2) is 11.1 Å². The fourth-order valence-corrected chi connectivity index (χ4v) is 9.16. The Kier molecular flexibility index (Phi) is 10.0. The number of fused-ring (bicyclic) bond motifs is 1. The maximum absolute atomic E-state index is 11.3. The quantitative estimate of drug-likeness (QED) is 0.0617. The maximum Gasteiger partial charge on any atom is 0.346 e. The SMILES string of the molecule is CCCCCCc1cc(-c2cc3sc(/C=C(\C#N)C(=O)O)cc3s2)sc1-c1ccc(C=C(c2ccccc2)c2ccccc2)cc1. The van der Waals surface area contributed by atoms with Crippen molar-refractivity contribution in [2.24, 2.45) is 0 Å². The summed E-state index contributed by atoms with van der Waals surface area (Å²) in [5, 5.41) is 18.4. The molecule has 0 aliphatic heterocycles. The number of hydrogen-bond acceptors (Lipinski definition) is 5. The Morgan fingerprint density at radius 1 is 0.761 bits per heavy atom. The van der Waals surface area contributed by atoms with Crippen LogP contribution < -0.4 is 0 Å². The van der Waals surface area contributed by atoms with E-state index in [1.165, 1.54) is 91.1 Å². The predicted octanol–water partition coefficient (Wildman–Crippen LogP) is 12.1. The molecule has 228 valence electrons. The number of rotatable bonds is 12. The normalized spacial score (nSPS) is 11.4. The summed E-state index contributed by atoms with van der Waals surface area (Å²) in [6.45, 7) is 2.25. The molecule has 0 unspecified atom stereocenters. The Bertz CT molecular complexity index is 1980. The minimum absolute atomic E-state index is 0.248. The molecule has 0 saturated heterocycles. The van der Waals surface area contributed by atoms with Gasteiger partial charge in [0.05, 0.1) is 0 Å². The molecule has 3 aromatic carbocycles. The van der Waals surface area contributed by atoms with Gasteiger partial charge in [0.2, 0.25) is 0 Å². The summed E-state index contributed by atoms with van der Waals surface area (Å²) >= 11 is 5.10. The van der Waals surface area contributed by atoms with Crippen molar-refractivity contribution in [3.05, 3.63) is 136 Å². The van der Waals surface area contributed by atoms with Crippen LogP contribution in [-0.2, 0) is 11.2 Å². The fourth-order valence-electron chi connectivity index (χ4n) is 5.52. The van der Waals surface area contributed by atoms with Crippen LogP contribution in [0.4, 0.5) is 0 Å². The number of benzene rings is 3. The van der Waals surface area contributed by atoms with Crippen LogP contribution in [0.3, 0.4) is 0 Å². The molecular weight excluding hydrogens is 623 g/mol. The number of nitriles is 1. The number of aryl methyl sites for hydroxylation is 1. The van der Waals surface area contributed by atoms with Gasteiger partial charge in [-0.15, -0.1) is 34.0 Å². The molecule has 6 aromatic rings. The van der Waals surface area contributed by atoms with E-state index in [1.807, 2.05) is 17.4 Å². The zero-order valence-electron chi connectivity index (χ0n) is 25.5. The molecular formula is C40H33NO2S3. The molecule has 0 fully saturated rings. The lowest BCUT2D eigenvalue weighted by atomic mass is 9.95. The standard InChI is InChI=1S/C40H33NO2S3/c1-2-3-4-7-16-31-23-35(38-25-37-36(45-38)24-33(44-37)22-32(26-41)40(42)43)46-39(31)30-19-17-27(18-20-30)21-34(28-12-8-5-9-13-28)29-14-10-6-11-15-29/h5-6,8-15,17-25H,2-4,7,16H2,1H3,(H,42,43)/b32-22+. The number of carboxylic acids is 1. The summed E-state index contributed by atoms with van der Waals surface area (Å²) in [6.07, 6.45) is 9.67. The molecule has 0 atom stereocenters. The second kappa shape index (κ2) is 14.7. The van der Waals surface area contributed by atoms with Crippen molar-refractivity contribution in [3.8, 4) is 26.3 Å². The molecule has 6 rings (SSSR count). The van der Waals surface area contributed by atoms with Crippen LogP contribution in [0.5, 0.6) is 0 Å². The van der Waals surface area contributed by atoms with Crippen LogP contribution in [0.25, 0.3) is 47.3 Å². The number of unbranched alkanes of at least 4 members (excludes halogenated alkanes) is 3. The molecule has 0 radical (unpaired) electrons. The lowest BCUT2D eigenvalue weighted by Crippen LogP contribution is -1.96. The second-order valence-corrected chi connectivity index (χ2v) is 14.4. The van der Waals surface area contributed by atoms with E-state index in [1.54, 1.807) is 17.4 Å². The van der Waals surface area contributed by atoms with Crippen LogP contribution in [0.1, 0.15) is 59.7 Å². The van der Waals surface area contributed by atoms with Crippen molar-refractivity contribution in [1.29, 1.82) is 5.26 Å². The number of aliphatic carboxylic acids is 1. The summed E-state index contributed by atoms with van der Waals surface area (Å²) in [6, 6.07) is 38.4. The van der Waals surface area contributed by atoms with Crippen molar-refractivity contribution in [2.45, 2.75) is 39.0 Å². The highest BCUT2D eigenvalue weighted by atomic mass is 32.1. The molecule has 0 amide bonds. The van der Waals surface area contributed by atoms with E-state index in [0.29, 0.717) is 0 Å². The second-order valence-electron chi connectivity index (χ2n) is 11.2. The highest BCUT2D eigenvalue weighted by molar-refractivity contribution is 7.31. The van der Waals surface area contributed by atoms with E-state index >= 15 is 0 Å². The van der Waals surface area contributed by atoms with Gasteiger partial charge in [-0.25, -0.2) is 4.79 Å². The van der Waals surface area contributed by atoms with Gasteiger partial charge in [0.1, 0.15) is 11.6 Å². The largest absolute Gasteiger partial charge is 0.477 e. The first-order chi connectivity index (χ1) is 22.5. The zero-order valence-corrected chi connectivity index (χ0v) is 28.0. The van der Waals surface area contributed by atoms with Gasteiger partial charge in [0.25, 0.3) is 0 Å². The number of carbonyl (C=O) groups is 1. The Hall–Kier alpha value is -4.54. The topological polar surface area (TPSA) is 61.1 Å². The van der Waals surface area contributed by atoms with Gasteiger partial charge in [-0.05, 0) is 76.6 Å². The van der Waals surface area contributed by atoms with Gasteiger partial charge in [-0.2, -0.15) is 5.26 Å². The van der Waals surface area contributed by atoms with E-state index in [-0.39, 0.29) is 5.57 Å². The lowest BCUT2D eigenvalue weighted by Gasteiger charge is -2.10. The van der Waals surface area contributed by atoms with E-state index in [4.69, 9.17) is 5.26 Å². The van der Waals surface area contributed by atoms with Crippen molar-refractivity contribution in [1.82, 2.24) is 0 Å². The molecule has 1 N–H and O–H groups in total. The first-order valence-electron chi connectivity index (χ1n) is 15.5. The first-order valence-corrected chi connectivity index (χ1v) is 17.9. The van der Waals surface area contributed by atoms with Crippen LogP contribution in [0, 0.1) is 11.3 Å². The van der Waals surface area contributed by atoms with E-state index in [9.17, 15) is 9.90 Å². The maximum atomic E-state index is 11.3. The smallest absolute Gasteiger partial charge is 0.346 e. The van der Waals surface area contributed by atoms with Gasteiger partial charge in [-0.3, -0.25) is 0 Å². The number of carboxylic acid groups (broad SMARTS) is 1. The molecule has 0 bridgehead atoms. The van der Waals surface area contributed by atoms with Gasteiger partial charge in [0.15, 0.2) is 0 Å². The highest BCUT2D eigenvalue weighted by Gasteiger charge is 2.16. The van der Waals surface area contributed by atoms with Crippen molar-refractivity contribution in [2.75, 3.05) is 0 Å². The Labute approximate surface area is 282 Å². The minimum Gasteiger partial charge on any atom is -0.477 e. The summed E-state index contributed by atoms with van der Waals surface area (Å²) in [5.41, 5.74) is 7.15. The fraction of sp³-hybridized carbons (Fsp3) is 0.150. The summed E-state index contributed by atoms with van der Waals surface area (Å²) in [7, 11) is 0. The molecule has 3 nitrogen and oxygen atoms in total. The highest BCUT2D eigenvalue weighted by Crippen LogP contribution is 2.45. The predicted molar refractivity (Wildman–Crippen MR) is 197 cm³/mol. The summed E-state index contributed by atoms with van der Waals surface area (Å²) in [5.74, 6) is -1.20. The minimum atomic E-state index is -1.20. The van der Waals surface area contributed by atoms with Crippen molar-refractivity contribution >= 4 is 67.1 Å².